The first kappa shape index (κ1) is 32.8. The van der Waals surface area contributed by atoms with Crippen molar-refractivity contribution in [2.24, 2.45) is 0 Å². The molecular weight excluding hydrogens is 703 g/mol. The Labute approximate surface area is 336 Å². The molecule has 272 valence electrons. The Morgan fingerprint density at radius 2 is 1.03 bits per heavy atom. The molecule has 3 heteroatoms. The molecule has 0 radical (unpaired) electrons. The Balaban J connectivity index is 1.20. The molecule has 0 atom stereocenters. The Morgan fingerprint density at radius 1 is 0.397 bits per heavy atom. The largest absolute Gasteiger partial charge is 0.277 e. The summed E-state index contributed by atoms with van der Waals surface area (Å²) in [7, 11) is 0. The van der Waals surface area contributed by atoms with Crippen molar-refractivity contribution >= 4 is 54.3 Å². The van der Waals surface area contributed by atoms with Crippen molar-refractivity contribution in [2.45, 2.75) is 19.3 Å². The van der Waals surface area contributed by atoms with Crippen molar-refractivity contribution in [1.29, 1.82) is 0 Å². The molecule has 0 aliphatic heterocycles. The standard InChI is InChI=1S/C55H37N3/c1-55(2)47-22-12-10-20-42(47)43-30-29-39(33-48(43)55)50-40-18-8-7-17-38(40)32-46-44-31-28-36-16-6-9-19-41(36)52(44)58(53(46)50)54-56-49-23-13-11-21-45(49)51(57-54)37-26-24-35(25-27-37)34-14-4-3-5-15-34/h3-33H,1-2H3. The van der Waals surface area contributed by atoms with E-state index in [2.05, 4.69) is 206 Å². The van der Waals surface area contributed by atoms with Crippen LogP contribution in [0.15, 0.2) is 188 Å². The van der Waals surface area contributed by atoms with E-state index in [4.69, 9.17) is 9.97 Å². The van der Waals surface area contributed by atoms with E-state index in [1.807, 2.05) is 0 Å². The van der Waals surface area contributed by atoms with Crippen LogP contribution >= 0.6 is 0 Å². The van der Waals surface area contributed by atoms with Crippen molar-refractivity contribution in [2.75, 3.05) is 0 Å². The van der Waals surface area contributed by atoms with Gasteiger partial charge < -0.3 is 0 Å². The van der Waals surface area contributed by atoms with Crippen molar-refractivity contribution in [3.8, 4) is 50.6 Å². The number of fused-ring (bicyclic) bond motifs is 10. The van der Waals surface area contributed by atoms with Crippen LogP contribution in [-0.4, -0.2) is 14.5 Å². The monoisotopic (exact) mass is 739 g/mol. The second kappa shape index (κ2) is 12.3. The molecule has 0 N–H and O–H groups in total. The van der Waals surface area contributed by atoms with Crippen LogP contribution in [0, 0.1) is 0 Å². The molecule has 3 nitrogen and oxygen atoms in total. The van der Waals surface area contributed by atoms with E-state index in [1.54, 1.807) is 0 Å². The Morgan fingerprint density at radius 3 is 1.88 bits per heavy atom. The highest BCUT2D eigenvalue weighted by atomic mass is 15.2. The number of para-hydroxylation sites is 1. The van der Waals surface area contributed by atoms with Gasteiger partial charge in [-0.1, -0.05) is 184 Å². The fourth-order valence-electron chi connectivity index (χ4n) is 9.79. The summed E-state index contributed by atoms with van der Waals surface area (Å²) in [4.78, 5) is 11.0. The minimum Gasteiger partial charge on any atom is -0.277 e. The topological polar surface area (TPSA) is 30.7 Å². The lowest BCUT2D eigenvalue weighted by molar-refractivity contribution is 0.660. The Kier molecular flexibility index (Phi) is 6.98. The molecule has 1 aliphatic carbocycles. The van der Waals surface area contributed by atoms with Gasteiger partial charge in [-0.05, 0) is 73.3 Å². The quantitative estimate of drug-likeness (QED) is 0.180. The van der Waals surface area contributed by atoms with Gasteiger partial charge in [0.2, 0.25) is 5.95 Å². The average Bonchev–Trinajstić information content (AvgIpc) is 3.73. The molecule has 0 unspecified atom stereocenters. The molecule has 0 spiro atoms. The van der Waals surface area contributed by atoms with Gasteiger partial charge in [-0.15, -0.1) is 0 Å². The first-order valence-corrected chi connectivity index (χ1v) is 20.1. The molecule has 0 saturated heterocycles. The summed E-state index contributed by atoms with van der Waals surface area (Å²) in [6.45, 7) is 4.72. The van der Waals surface area contributed by atoms with Gasteiger partial charge in [-0.2, -0.15) is 0 Å². The number of rotatable bonds is 4. The molecular formula is C55H37N3. The zero-order chi connectivity index (χ0) is 38.5. The number of hydrogen-bond donors (Lipinski definition) is 0. The van der Waals surface area contributed by atoms with E-state index in [0.29, 0.717) is 5.95 Å². The van der Waals surface area contributed by atoms with Crippen molar-refractivity contribution < 1.29 is 0 Å². The molecule has 12 rings (SSSR count). The third-order valence-electron chi connectivity index (χ3n) is 12.6. The normalized spacial score (nSPS) is 13.1. The Hall–Kier alpha value is -7.36. The second-order valence-corrected chi connectivity index (χ2v) is 16.2. The molecule has 0 bridgehead atoms. The summed E-state index contributed by atoms with van der Waals surface area (Å²) in [6.07, 6.45) is 0. The minimum absolute atomic E-state index is 0.138. The predicted molar refractivity (Wildman–Crippen MR) is 243 cm³/mol. The van der Waals surface area contributed by atoms with Gasteiger partial charge in [0.05, 0.1) is 22.2 Å². The number of aromatic nitrogens is 3. The molecule has 1 aliphatic rings. The zero-order valence-corrected chi connectivity index (χ0v) is 32.2. The lowest BCUT2D eigenvalue weighted by Gasteiger charge is -2.22. The maximum absolute atomic E-state index is 5.60. The third kappa shape index (κ3) is 4.74. The first-order valence-electron chi connectivity index (χ1n) is 20.1. The summed E-state index contributed by atoms with van der Waals surface area (Å²) in [6, 6.07) is 68.2. The van der Waals surface area contributed by atoms with E-state index >= 15 is 0 Å². The summed E-state index contributed by atoms with van der Waals surface area (Å²) < 4.78 is 2.37. The molecule has 11 aromatic rings. The summed E-state index contributed by atoms with van der Waals surface area (Å²) >= 11 is 0. The van der Waals surface area contributed by atoms with Crippen molar-refractivity contribution in [3.05, 3.63) is 199 Å². The van der Waals surface area contributed by atoms with Gasteiger partial charge in [0.25, 0.3) is 0 Å². The van der Waals surface area contributed by atoms with Crippen LogP contribution in [0.4, 0.5) is 0 Å². The highest BCUT2D eigenvalue weighted by molar-refractivity contribution is 6.25. The number of nitrogens with zero attached hydrogens (tertiary/aromatic N) is 3. The molecule has 0 amide bonds. The van der Waals surface area contributed by atoms with Gasteiger partial charge in [0, 0.05) is 38.1 Å². The van der Waals surface area contributed by atoms with Gasteiger partial charge in [0.15, 0.2) is 0 Å². The van der Waals surface area contributed by atoms with Crippen LogP contribution in [0.5, 0.6) is 0 Å². The number of hydrogen-bond acceptors (Lipinski definition) is 2. The maximum Gasteiger partial charge on any atom is 0.235 e. The summed E-state index contributed by atoms with van der Waals surface area (Å²) in [5.74, 6) is 0.655. The highest BCUT2D eigenvalue weighted by Crippen LogP contribution is 2.51. The molecule has 0 fully saturated rings. The maximum atomic E-state index is 5.60. The van der Waals surface area contributed by atoms with Crippen LogP contribution in [0.3, 0.4) is 0 Å². The lowest BCUT2D eigenvalue weighted by atomic mass is 9.81. The van der Waals surface area contributed by atoms with E-state index in [1.165, 1.54) is 76.8 Å². The van der Waals surface area contributed by atoms with Crippen LogP contribution in [0.25, 0.3) is 105 Å². The fourth-order valence-corrected chi connectivity index (χ4v) is 9.79. The molecule has 2 heterocycles. The van der Waals surface area contributed by atoms with Gasteiger partial charge in [0.1, 0.15) is 0 Å². The van der Waals surface area contributed by atoms with Crippen LogP contribution in [-0.2, 0) is 5.41 Å². The van der Waals surface area contributed by atoms with Crippen LogP contribution in [0.1, 0.15) is 25.0 Å². The molecule has 9 aromatic carbocycles. The van der Waals surface area contributed by atoms with E-state index in [-0.39, 0.29) is 5.41 Å². The van der Waals surface area contributed by atoms with E-state index in [9.17, 15) is 0 Å². The fraction of sp³-hybridized carbons (Fsp3) is 0.0545. The minimum atomic E-state index is -0.138. The lowest BCUT2D eigenvalue weighted by Crippen LogP contribution is -2.14. The number of benzene rings is 9. The third-order valence-corrected chi connectivity index (χ3v) is 12.6. The molecule has 2 aromatic heterocycles. The van der Waals surface area contributed by atoms with Gasteiger partial charge in [-0.3, -0.25) is 4.57 Å². The average molecular weight is 740 g/mol. The Bertz CT molecular complexity index is 3460. The van der Waals surface area contributed by atoms with Crippen LogP contribution in [0.2, 0.25) is 0 Å². The molecule has 0 saturated carbocycles. The van der Waals surface area contributed by atoms with E-state index in [0.717, 1.165) is 33.2 Å². The zero-order valence-electron chi connectivity index (χ0n) is 32.2. The van der Waals surface area contributed by atoms with Gasteiger partial charge >= 0.3 is 0 Å². The SMILES string of the molecule is CC1(C)c2ccccc2-c2ccc(-c3c4ccccc4cc4c5ccc6ccccc6c5n(-c5nc(-c6ccc(-c7ccccc7)cc6)c6ccccc6n5)c34)cc21. The van der Waals surface area contributed by atoms with Crippen molar-refractivity contribution in [3.63, 3.8) is 0 Å². The van der Waals surface area contributed by atoms with Crippen LogP contribution < -0.4 is 0 Å². The second-order valence-electron chi connectivity index (χ2n) is 16.2. The van der Waals surface area contributed by atoms with Gasteiger partial charge in [-0.25, -0.2) is 9.97 Å². The van der Waals surface area contributed by atoms with E-state index < -0.39 is 0 Å². The molecule has 58 heavy (non-hydrogen) atoms. The summed E-state index contributed by atoms with van der Waals surface area (Å²) in [5, 5.41) is 8.15. The van der Waals surface area contributed by atoms with Crippen molar-refractivity contribution in [1.82, 2.24) is 14.5 Å². The highest BCUT2D eigenvalue weighted by Gasteiger charge is 2.35. The summed E-state index contributed by atoms with van der Waals surface area (Å²) in [5.41, 5.74) is 15.1. The first-order chi connectivity index (χ1) is 28.5. The predicted octanol–water partition coefficient (Wildman–Crippen LogP) is 14.3. The smallest absolute Gasteiger partial charge is 0.235 e.